The van der Waals surface area contributed by atoms with Crippen LogP contribution in [0.4, 0.5) is 0 Å². The van der Waals surface area contributed by atoms with E-state index in [4.69, 9.17) is 12.2 Å². The fourth-order valence-corrected chi connectivity index (χ4v) is 2.15. The van der Waals surface area contributed by atoms with Crippen LogP contribution in [0, 0.1) is 15.9 Å². The predicted molar refractivity (Wildman–Crippen MR) is 67.2 cm³/mol. The van der Waals surface area contributed by atoms with E-state index >= 15 is 0 Å². The second-order valence-electron chi connectivity index (χ2n) is 2.68. The molecule has 0 fully saturated rings. The molecule has 1 nitrogen and oxygen atoms in total. The summed E-state index contributed by atoms with van der Waals surface area (Å²) in [7, 11) is 0. The van der Waals surface area contributed by atoms with Crippen molar-refractivity contribution in [3.8, 4) is 12.3 Å². The SMILES string of the molecule is C#CCC(N)c1cc(Br)ccc1I. The summed E-state index contributed by atoms with van der Waals surface area (Å²) >= 11 is 5.67. The van der Waals surface area contributed by atoms with Gasteiger partial charge in [-0.3, -0.25) is 0 Å². The van der Waals surface area contributed by atoms with E-state index in [1.54, 1.807) is 0 Å². The van der Waals surface area contributed by atoms with Gasteiger partial charge in [0.2, 0.25) is 0 Å². The quantitative estimate of drug-likeness (QED) is 0.644. The number of terminal acetylenes is 1. The standard InChI is InChI=1S/C10H9BrIN/c1-2-3-10(13)8-6-7(11)4-5-9(8)12/h1,4-6,10H,3,13H2. The van der Waals surface area contributed by atoms with Gasteiger partial charge in [0.05, 0.1) is 0 Å². The lowest BCUT2D eigenvalue weighted by atomic mass is 10.1. The molecule has 0 bridgehead atoms. The molecule has 0 amide bonds. The highest BCUT2D eigenvalue weighted by molar-refractivity contribution is 14.1. The molecule has 1 atom stereocenters. The third-order valence-electron chi connectivity index (χ3n) is 1.70. The van der Waals surface area contributed by atoms with E-state index in [1.807, 2.05) is 18.2 Å². The van der Waals surface area contributed by atoms with Crippen molar-refractivity contribution in [1.29, 1.82) is 0 Å². The van der Waals surface area contributed by atoms with Crippen LogP contribution in [-0.2, 0) is 0 Å². The van der Waals surface area contributed by atoms with Crippen molar-refractivity contribution in [2.75, 3.05) is 0 Å². The number of nitrogens with two attached hydrogens (primary N) is 1. The van der Waals surface area contributed by atoms with Gasteiger partial charge < -0.3 is 5.73 Å². The number of hydrogen-bond donors (Lipinski definition) is 1. The summed E-state index contributed by atoms with van der Waals surface area (Å²) < 4.78 is 2.19. The van der Waals surface area contributed by atoms with Crippen molar-refractivity contribution < 1.29 is 0 Å². The number of rotatable bonds is 2. The molecule has 0 saturated heterocycles. The normalized spacial score (nSPS) is 12.2. The lowest BCUT2D eigenvalue weighted by molar-refractivity contribution is 0.749. The Labute approximate surface area is 100 Å². The van der Waals surface area contributed by atoms with Crippen molar-refractivity contribution in [1.82, 2.24) is 0 Å². The van der Waals surface area contributed by atoms with Crippen LogP contribution in [0.15, 0.2) is 22.7 Å². The van der Waals surface area contributed by atoms with Crippen LogP contribution in [0.25, 0.3) is 0 Å². The summed E-state index contributed by atoms with van der Waals surface area (Å²) in [6.07, 6.45) is 5.79. The lowest BCUT2D eigenvalue weighted by Gasteiger charge is -2.11. The molecule has 0 aliphatic heterocycles. The van der Waals surface area contributed by atoms with E-state index in [0.29, 0.717) is 6.42 Å². The molecular weight excluding hydrogens is 341 g/mol. The largest absolute Gasteiger partial charge is 0.323 e. The van der Waals surface area contributed by atoms with Crippen molar-refractivity contribution in [2.45, 2.75) is 12.5 Å². The maximum atomic E-state index is 5.91. The Hall–Kier alpha value is -0.0500. The highest BCUT2D eigenvalue weighted by Crippen LogP contribution is 2.24. The molecule has 3 heteroatoms. The summed E-state index contributed by atoms with van der Waals surface area (Å²) in [5.74, 6) is 2.57. The molecule has 13 heavy (non-hydrogen) atoms. The minimum Gasteiger partial charge on any atom is -0.323 e. The number of benzene rings is 1. The third-order valence-corrected chi connectivity index (χ3v) is 3.17. The third kappa shape index (κ3) is 2.97. The summed E-state index contributed by atoms with van der Waals surface area (Å²) in [6, 6.07) is 5.97. The molecule has 0 heterocycles. The van der Waals surface area contributed by atoms with E-state index in [-0.39, 0.29) is 6.04 Å². The molecule has 0 saturated carbocycles. The highest BCUT2D eigenvalue weighted by Gasteiger charge is 2.08. The summed E-state index contributed by atoms with van der Waals surface area (Å²) in [4.78, 5) is 0. The molecule has 68 valence electrons. The molecule has 0 radical (unpaired) electrons. The highest BCUT2D eigenvalue weighted by atomic mass is 127. The zero-order valence-electron chi connectivity index (χ0n) is 6.93. The van der Waals surface area contributed by atoms with Gasteiger partial charge in [-0.25, -0.2) is 0 Å². The van der Waals surface area contributed by atoms with Gasteiger partial charge in [-0.1, -0.05) is 15.9 Å². The first kappa shape index (κ1) is 11.0. The molecule has 1 unspecified atom stereocenters. The van der Waals surface area contributed by atoms with E-state index < -0.39 is 0 Å². The van der Waals surface area contributed by atoms with Gasteiger partial charge >= 0.3 is 0 Å². The maximum absolute atomic E-state index is 5.91. The fourth-order valence-electron chi connectivity index (χ4n) is 1.04. The van der Waals surface area contributed by atoms with Gasteiger partial charge in [0.1, 0.15) is 0 Å². The molecule has 1 aromatic rings. The fraction of sp³-hybridized carbons (Fsp3) is 0.200. The van der Waals surface area contributed by atoms with Gasteiger partial charge in [-0.15, -0.1) is 12.3 Å². The van der Waals surface area contributed by atoms with Gasteiger partial charge in [-0.05, 0) is 46.4 Å². The number of halogens is 2. The van der Waals surface area contributed by atoms with Gasteiger partial charge in [-0.2, -0.15) is 0 Å². The van der Waals surface area contributed by atoms with Crippen LogP contribution in [0.3, 0.4) is 0 Å². The average Bonchev–Trinajstić information content (AvgIpc) is 2.09. The minimum atomic E-state index is -0.0607. The maximum Gasteiger partial charge on any atom is 0.0416 e. The Morgan fingerprint density at radius 2 is 2.31 bits per heavy atom. The van der Waals surface area contributed by atoms with Crippen molar-refractivity contribution in [3.63, 3.8) is 0 Å². The van der Waals surface area contributed by atoms with Gasteiger partial charge in [0.25, 0.3) is 0 Å². The van der Waals surface area contributed by atoms with Crippen LogP contribution >= 0.6 is 38.5 Å². The summed E-state index contributed by atoms with van der Waals surface area (Å²) in [5, 5.41) is 0. The number of hydrogen-bond acceptors (Lipinski definition) is 1. The van der Waals surface area contributed by atoms with E-state index in [2.05, 4.69) is 44.4 Å². The lowest BCUT2D eigenvalue weighted by Crippen LogP contribution is -2.10. The van der Waals surface area contributed by atoms with E-state index in [0.717, 1.165) is 13.6 Å². The predicted octanol–water partition coefficient (Wildman–Crippen LogP) is 3.08. The average molecular weight is 350 g/mol. The first-order valence-electron chi connectivity index (χ1n) is 3.79. The zero-order valence-corrected chi connectivity index (χ0v) is 10.7. The Kier molecular flexibility index (Phi) is 4.23. The molecule has 1 aromatic carbocycles. The monoisotopic (exact) mass is 349 g/mol. The Bertz CT molecular complexity index is 343. The van der Waals surface area contributed by atoms with Crippen LogP contribution in [-0.4, -0.2) is 0 Å². The second-order valence-corrected chi connectivity index (χ2v) is 4.76. The molecule has 0 spiro atoms. The smallest absolute Gasteiger partial charge is 0.0416 e. The van der Waals surface area contributed by atoms with Gasteiger partial charge in [0, 0.05) is 20.5 Å². The molecule has 0 aromatic heterocycles. The van der Waals surface area contributed by atoms with E-state index in [9.17, 15) is 0 Å². The zero-order chi connectivity index (χ0) is 9.84. The van der Waals surface area contributed by atoms with Crippen molar-refractivity contribution in [2.24, 2.45) is 5.73 Å². The molecule has 0 aliphatic carbocycles. The molecular formula is C10H9BrIN. The minimum absolute atomic E-state index is 0.0607. The molecule has 1 rings (SSSR count). The van der Waals surface area contributed by atoms with Crippen molar-refractivity contribution >= 4 is 38.5 Å². The molecule has 2 N–H and O–H groups in total. The van der Waals surface area contributed by atoms with Crippen molar-refractivity contribution in [3.05, 3.63) is 31.8 Å². The first-order valence-corrected chi connectivity index (χ1v) is 5.66. The van der Waals surface area contributed by atoms with E-state index in [1.165, 1.54) is 0 Å². The summed E-state index contributed by atoms with van der Waals surface area (Å²) in [6.45, 7) is 0. The Balaban J connectivity index is 3.00. The first-order chi connectivity index (χ1) is 6.15. The Morgan fingerprint density at radius 3 is 2.92 bits per heavy atom. The topological polar surface area (TPSA) is 26.0 Å². The molecule has 0 aliphatic rings. The Morgan fingerprint density at radius 1 is 1.62 bits per heavy atom. The second kappa shape index (κ2) is 4.99. The van der Waals surface area contributed by atoms with Crippen LogP contribution < -0.4 is 5.73 Å². The van der Waals surface area contributed by atoms with Gasteiger partial charge in [0.15, 0.2) is 0 Å². The van der Waals surface area contributed by atoms with Crippen LogP contribution in [0.5, 0.6) is 0 Å². The van der Waals surface area contributed by atoms with Crippen LogP contribution in [0.2, 0.25) is 0 Å². The summed E-state index contributed by atoms with van der Waals surface area (Å²) in [5.41, 5.74) is 7.01. The van der Waals surface area contributed by atoms with Crippen LogP contribution in [0.1, 0.15) is 18.0 Å².